The predicted octanol–water partition coefficient (Wildman–Crippen LogP) is 1.32. The Kier molecular flexibility index (Phi) is 2.48. The van der Waals surface area contributed by atoms with Crippen molar-refractivity contribution in [1.82, 2.24) is 10.6 Å². The quantitative estimate of drug-likeness (QED) is 0.685. The van der Waals surface area contributed by atoms with Gasteiger partial charge in [-0.1, -0.05) is 0 Å². The highest BCUT2D eigenvalue weighted by atomic mass is 19.1. The van der Waals surface area contributed by atoms with E-state index in [2.05, 4.69) is 10.6 Å². The second-order valence-corrected chi connectivity index (χ2v) is 5.66. The second-order valence-electron chi connectivity index (χ2n) is 5.66. The van der Waals surface area contributed by atoms with E-state index in [1.807, 2.05) is 0 Å². The summed E-state index contributed by atoms with van der Waals surface area (Å²) < 4.78 is 14.9. The average molecular weight is 212 g/mol. The van der Waals surface area contributed by atoms with Crippen molar-refractivity contribution < 1.29 is 4.39 Å². The number of rotatable bonds is 1. The molecule has 2 heterocycles. The maximum atomic E-state index is 14.9. The highest BCUT2D eigenvalue weighted by Gasteiger charge is 2.51. The van der Waals surface area contributed by atoms with Crippen molar-refractivity contribution >= 4 is 0 Å². The summed E-state index contributed by atoms with van der Waals surface area (Å²) >= 11 is 0. The first-order valence-corrected chi connectivity index (χ1v) is 6.38. The van der Waals surface area contributed by atoms with E-state index in [0.717, 1.165) is 51.9 Å². The molecule has 3 rings (SSSR count). The van der Waals surface area contributed by atoms with E-state index in [9.17, 15) is 4.39 Å². The summed E-state index contributed by atoms with van der Waals surface area (Å²) in [6.07, 6.45) is 3.88. The number of piperidine rings is 1. The minimum atomic E-state index is -0.842. The molecule has 86 valence electrons. The molecule has 2 N–H and O–H groups in total. The van der Waals surface area contributed by atoms with Crippen molar-refractivity contribution in [2.45, 2.75) is 31.4 Å². The zero-order chi connectivity index (χ0) is 10.3. The van der Waals surface area contributed by atoms with Crippen molar-refractivity contribution in [3.05, 3.63) is 0 Å². The van der Waals surface area contributed by atoms with E-state index in [-0.39, 0.29) is 5.92 Å². The molecule has 0 aromatic carbocycles. The lowest BCUT2D eigenvalue weighted by atomic mass is 9.81. The molecule has 2 saturated heterocycles. The van der Waals surface area contributed by atoms with Crippen LogP contribution in [0.1, 0.15) is 25.7 Å². The predicted molar refractivity (Wildman–Crippen MR) is 58.5 cm³/mol. The molecule has 2 nitrogen and oxygen atoms in total. The van der Waals surface area contributed by atoms with E-state index in [0.29, 0.717) is 11.8 Å². The van der Waals surface area contributed by atoms with Crippen LogP contribution < -0.4 is 10.6 Å². The van der Waals surface area contributed by atoms with Crippen LogP contribution in [-0.4, -0.2) is 31.8 Å². The fraction of sp³-hybridized carbons (Fsp3) is 1.00. The summed E-state index contributed by atoms with van der Waals surface area (Å²) in [4.78, 5) is 0. The first-order chi connectivity index (χ1) is 7.28. The molecule has 0 spiro atoms. The van der Waals surface area contributed by atoms with Crippen molar-refractivity contribution in [3.63, 3.8) is 0 Å². The van der Waals surface area contributed by atoms with Crippen LogP contribution in [0.15, 0.2) is 0 Å². The molecule has 0 amide bonds. The zero-order valence-corrected chi connectivity index (χ0v) is 9.27. The van der Waals surface area contributed by atoms with Crippen LogP contribution in [0.25, 0.3) is 0 Å². The van der Waals surface area contributed by atoms with Gasteiger partial charge in [-0.05, 0) is 57.2 Å². The molecule has 0 aromatic heterocycles. The molecule has 0 radical (unpaired) electrons. The summed E-state index contributed by atoms with van der Waals surface area (Å²) in [5, 5.41) is 6.73. The molecular formula is C12H21FN2. The molecule has 3 unspecified atom stereocenters. The fourth-order valence-electron chi connectivity index (χ4n) is 3.85. The number of fused-ring (bicyclic) bond motifs is 1. The number of halogens is 1. The normalized spacial score (nSPS) is 50.6. The molecule has 1 saturated carbocycles. The van der Waals surface area contributed by atoms with Gasteiger partial charge < -0.3 is 10.6 Å². The van der Waals surface area contributed by atoms with Crippen LogP contribution in [0.2, 0.25) is 0 Å². The second kappa shape index (κ2) is 3.70. The van der Waals surface area contributed by atoms with E-state index in [4.69, 9.17) is 0 Å². The summed E-state index contributed by atoms with van der Waals surface area (Å²) in [6.45, 7) is 4.09. The highest BCUT2D eigenvalue weighted by Crippen LogP contribution is 2.49. The Morgan fingerprint density at radius 3 is 2.33 bits per heavy atom. The summed E-state index contributed by atoms with van der Waals surface area (Å²) in [5.74, 6) is 1.53. The molecule has 3 heteroatoms. The minimum Gasteiger partial charge on any atom is -0.316 e. The van der Waals surface area contributed by atoms with E-state index >= 15 is 0 Å². The monoisotopic (exact) mass is 212 g/mol. The summed E-state index contributed by atoms with van der Waals surface area (Å²) in [5.41, 5.74) is -0.842. The highest BCUT2D eigenvalue weighted by molar-refractivity contribution is 5.03. The SMILES string of the molecule is FC1(C2CCCNC2)CC2CNCC2C1. The summed E-state index contributed by atoms with van der Waals surface area (Å²) in [6, 6.07) is 0. The fourth-order valence-corrected chi connectivity index (χ4v) is 3.85. The molecule has 3 aliphatic rings. The minimum absolute atomic E-state index is 0.289. The van der Waals surface area contributed by atoms with Crippen LogP contribution in [0.4, 0.5) is 4.39 Å². The van der Waals surface area contributed by atoms with Gasteiger partial charge in [-0.25, -0.2) is 4.39 Å². The van der Waals surface area contributed by atoms with Crippen molar-refractivity contribution in [2.24, 2.45) is 17.8 Å². The van der Waals surface area contributed by atoms with Gasteiger partial charge in [0.1, 0.15) is 5.67 Å². The standard InChI is InChI=1S/C12H21FN2/c13-12(11-2-1-3-14-8-11)4-9-6-15-7-10(9)5-12/h9-11,14-15H,1-8H2. The largest absolute Gasteiger partial charge is 0.316 e. The van der Waals surface area contributed by atoms with Crippen molar-refractivity contribution in [1.29, 1.82) is 0 Å². The molecule has 2 aliphatic heterocycles. The van der Waals surface area contributed by atoms with E-state index in [1.165, 1.54) is 0 Å². The van der Waals surface area contributed by atoms with Crippen LogP contribution in [0.3, 0.4) is 0 Å². The molecular weight excluding hydrogens is 191 g/mol. The van der Waals surface area contributed by atoms with Gasteiger partial charge in [-0.15, -0.1) is 0 Å². The van der Waals surface area contributed by atoms with Crippen LogP contribution in [0.5, 0.6) is 0 Å². The first-order valence-electron chi connectivity index (χ1n) is 6.38. The van der Waals surface area contributed by atoms with Gasteiger partial charge in [0.2, 0.25) is 0 Å². The lowest BCUT2D eigenvalue weighted by molar-refractivity contribution is 0.0624. The van der Waals surface area contributed by atoms with Crippen molar-refractivity contribution in [3.8, 4) is 0 Å². The van der Waals surface area contributed by atoms with Crippen molar-refractivity contribution in [2.75, 3.05) is 26.2 Å². The maximum Gasteiger partial charge on any atom is 0.115 e. The van der Waals surface area contributed by atoms with Gasteiger partial charge in [0.15, 0.2) is 0 Å². The zero-order valence-electron chi connectivity index (χ0n) is 9.27. The van der Waals surface area contributed by atoms with E-state index in [1.54, 1.807) is 0 Å². The van der Waals surface area contributed by atoms with Gasteiger partial charge in [0, 0.05) is 12.5 Å². The van der Waals surface area contributed by atoms with Gasteiger partial charge in [-0.2, -0.15) is 0 Å². The average Bonchev–Trinajstić information content (AvgIpc) is 2.78. The third-order valence-electron chi connectivity index (χ3n) is 4.71. The first kappa shape index (κ1) is 10.0. The molecule has 0 bridgehead atoms. The molecule has 1 aliphatic carbocycles. The molecule has 15 heavy (non-hydrogen) atoms. The van der Waals surface area contributed by atoms with Gasteiger partial charge in [0.25, 0.3) is 0 Å². The topological polar surface area (TPSA) is 24.1 Å². The third-order valence-corrected chi connectivity index (χ3v) is 4.71. The van der Waals surface area contributed by atoms with E-state index < -0.39 is 5.67 Å². The number of hydrogen-bond donors (Lipinski definition) is 2. The third kappa shape index (κ3) is 1.70. The Labute approximate surface area is 91.0 Å². The lowest BCUT2D eigenvalue weighted by Gasteiger charge is -2.34. The number of alkyl halides is 1. The van der Waals surface area contributed by atoms with Gasteiger partial charge in [0.05, 0.1) is 0 Å². The van der Waals surface area contributed by atoms with Gasteiger partial charge >= 0.3 is 0 Å². The number of nitrogens with one attached hydrogen (secondary N) is 2. The molecule has 3 atom stereocenters. The molecule has 0 aromatic rings. The number of hydrogen-bond acceptors (Lipinski definition) is 2. The summed E-state index contributed by atoms with van der Waals surface area (Å²) in [7, 11) is 0. The lowest BCUT2D eigenvalue weighted by Crippen LogP contribution is -2.42. The Morgan fingerprint density at radius 1 is 1.00 bits per heavy atom. The Morgan fingerprint density at radius 2 is 1.73 bits per heavy atom. The smallest absolute Gasteiger partial charge is 0.115 e. The Hall–Kier alpha value is -0.150. The van der Waals surface area contributed by atoms with Crippen LogP contribution in [-0.2, 0) is 0 Å². The molecule has 3 fully saturated rings. The van der Waals surface area contributed by atoms with Gasteiger partial charge in [-0.3, -0.25) is 0 Å². The van der Waals surface area contributed by atoms with Crippen LogP contribution in [0, 0.1) is 17.8 Å². The van der Waals surface area contributed by atoms with Crippen LogP contribution >= 0.6 is 0 Å². The Balaban J connectivity index is 1.69. The Bertz CT molecular complexity index is 226. The maximum absolute atomic E-state index is 14.9.